The minimum Gasteiger partial charge on any atom is -0.483 e. The molecule has 12 N–H and O–H groups in total. The third-order valence-electron chi connectivity index (χ3n) is 0.464. The van der Waals surface area contributed by atoms with Gasteiger partial charge in [0.1, 0.15) is 0 Å². The molecular weight excluding hydrogens is 564 g/mol. The van der Waals surface area contributed by atoms with Crippen LogP contribution in [0, 0.1) is 0 Å². The van der Waals surface area contributed by atoms with Crippen LogP contribution < -0.4 is 0 Å². The van der Waals surface area contributed by atoms with E-state index in [4.69, 9.17) is 114 Å². The molecule has 0 fully saturated rings. The quantitative estimate of drug-likeness (QED) is 0.148. The molecule has 0 radical (unpaired) electrons. The Bertz CT molecular complexity index is 337. The monoisotopic (exact) mass is 594 g/mol. The van der Waals surface area contributed by atoms with Gasteiger partial charge in [-0.25, -0.2) is 0 Å². The normalized spacial score (nSPS) is 4.64. The number of carboxylic acids is 1. The van der Waals surface area contributed by atoms with Gasteiger partial charge in [-0.05, 0) is 6.42 Å². The van der Waals surface area contributed by atoms with Crippen molar-refractivity contribution in [3.63, 3.8) is 0 Å². The smallest absolute Gasteiger partial charge is 0.303 e. The molecule has 0 bridgehead atoms. The highest BCUT2D eigenvalue weighted by Crippen LogP contribution is 1.82. The Kier molecular flexibility index (Phi) is 629. The maximum Gasteiger partial charge on any atom is 0.303 e. The van der Waals surface area contributed by atoms with Crippen molar-refractivity contribution in [3.8, 4) is 0 Å². The van der Waals surface area contributed by atoms with Gasteiger partial charge in [-0.15, -0.1) is 0 Å². The highest BCUT2D eigenvalue weighted by atomic mass is 16.4. The molecular formula is C15H30O24. The van der Waals surface area contributed by atoms with Crippen LogP contribution in [0.5, 0.6) is 0 Å². The Labute approximate surface area is 216 Å². The van der Waals surface area contributed by atoms with Crippen LogP contribution in [-0.4, -0.2) is 138 Å². The fraction of sp³-hybridized carbons (Fsp3) is 0.200. The summed E-state index contributed by atoms with van der Waals surface area (Å²) in [5.41, 5.74) is 0. The molecule has 39 heavy (non-hydrogen) atoms. The predicted octanol–water partition coefficient (Wildman–Crippen LogP) is -2.42. The molecule has 0 aliphatic rings. The third kappa shape index (κ3) is 2460. The van der Waals surface area contributed by atoms with Crippen molar-refractivity contribution in [1.29, 1.82) is 0 Å². The molecule has 0 spiro atoms. The van der Waals surface area contributed by atoms with E-state index in [-0.39, 0.29) is 71.2 Å². The minimum absolute atomic E-state index is 0.250. The lowest BCUT2D eigenvalue weighted by atomic mass is 10.4. The number of hydrogen-bond acceptors (Lipinski definition) is 12. The van der Waals surface area contributed by atoms with Crippen LogP contribution in [0.1, 0.15) is 19.8 Å². The van der Waals surface area contributed by atoms with E-state index >= 15 is 0 Å². The number of aliphatic carboxylic acids is 1. The molecule has 0 aromatic rings. The summed E-state index contributed by atoms with van der Waals surface area (Å²) in [6, 6.07) is 0. The summed E-state index contributed by atoms with van der Waals surface area (Å²) in [6.45, 7) is -0.909. The average Bonchev–Trinajstić information content (AvgIpc) is 2.80. The van der Waals surface area contributed by atoms with Gasteiger partial charge in [-0.3, -0.25) is 57.5 Å². The van der Waals surface area contributed by atoms with Gasteiger partial charge in [0.15, 0.2) is 0 Å². The first-order valence-electron chi connectivity index (χ1n) is 7.42. The molecule has 0 atom stereocenters. The topological polar surface area (TPSA) is 448 Å². The Morgan fingerprint density at radius 3 is 0.462 bits per heavy atom. The molecule has 0 unspecified atom stereocenters. The van der Waals surface area contributed by atoms with Crippen molar-refractivity contribution in [3.05, 3.63) is 0 Å². The first-order chi connectivity index (χ1) is 18.3. The number of carboxylic acid groups (broad SMARTS) is 12. The average molecular weight is 594 g/mol. The Hall–Kier alpha value is -6.36. The van der Waals surface area contributed by atoms with Crippen LogP contribution in [0.2, 0.25) is 0 Å². The van der Waals surface area contributed by atoms with Gasteiger partial charge >= 0.3 is 5.97 Å². The molecule has 0 rings (SSSR count). The first-order valence-corrected chi connectivity index (χ1v) is 7.42. The Balaban J connectivity index is -0.0000000206. The summed E-state index contributed by atoms with van der Waals surface area (Å²) in [4.78, 5) is 102. The van der Waals surface area contributed by atoms with E-state index in [1.807, 2.05) is 6.92 Å². The zero-order valence-electron chi connectivity index (χ0n) is 19.5. The SMILES string of the molecule is CCCC(=O)O.O=CO.O=CO.O=CO.O=CO.O=CO.O=CO.O=CO.O=CO.O=CO.O=CO.O=CO. The van der Waals surface area contributed by atoms with Crippen LogP contribution in [0.3, 0.4) is 0 Å². The van der Waals surface area contributed by atoms with E-state index in [2.05, 4.69) is 0 Å². The molecule has 0 saturated carbocycles. The van der Waals surface area contributed by atoms with E-state index in [1.54, 1.807) is 0 Å². The summed E-state index contributed by atoms with van der Waals surface area (Å²) in [5.74, 6) is -0.711. The fourth-order valence-electron chi connectivity index (χ4n) is 0.214. The highest BCUT2D eigenvalue weighted by Gasteiger charge is 1.87. The number of hydrogen-bond donors (Lipinski definition) is 12. The highest BCUT2D eigenvalue weighted by molar-refractivity contribution is 5.66. The molecule has 234 valence electrons. The lowest BCUT2D eigenvalue weighted by molar-refractivity contribution is -0.137. The van der Waals surface area contributed by atoms with Gasteiger partial charge in [-0.2, -0.15) is 0 Å². The van der Waals surface area contributed by atoms with E-state index in [0.717, 1.165) is 6.42 Å². The molecule has 0 aromatic carbocycles. The van der Waals surface area contributed by atoms with Crippen molar-refractivity contribution in [1.82, 2.24) is 0 Å². The van der Waals surface area contributed by atoms with E-state index in [0.29, 0.717) is 6.42 Å². The molecule has 24 nitrogen and oxygen atoms in total. The summed E-state index contributed by atoms with van der Waals surface area (Å²) < 4.78 is 0. The summed E-state index contributed by atoms with van der Waals surface area (Å²) >= 11 is 0. The lowest BCUT2D eigenvalue weighted by Crippen LogP contribution is -1.90. The van der Waals surface area contributed by atoms with Gasteiger partial charge in [0.2, 0.25) is 0 Å². The second-order valence-corrected chi connectivity index (χ2v) is 2.30. The third-order valence-corrected chi connectivity index (χ3v) is 0.464. The van der Waals surface area contributed by atoms with E-state index in [1.165, 1.54) is 0 Å². The standard InChI is InChI=1S/C4H8O2.11CH2O2/c1-2-3-4(5)6;11*2-1-3/h2-3H2,1H3,(H,5,6);11*1H,(H,2,3). The fourth-order valence-corrected chi connectivity index (χ4v) is 0.214. The molecule has 0 aliphatic heterocycles. The van der Waals surface area contributed by atoms with Gasteiger partial charge in [0, 0.05) is 6.42 Å². The van der Waals surface area contributed by atoms with Crippen molar-refractivity contribution >= 4 is 77.2 Å². The largest absolute Gasteiger partial charge is 0.483 e. The molecule has 0 saturated heterocycles. The lowest BCUT2D eigenvalue weighted by Gasteiger charge is -1.79. The molecule has 0 aromatic heterocycles. The van der Waals surface area contributed by atoms with Crippen molar-refractivity contribution in [2.24, 2.45) is 0 Å². The first kappa shape index (κ1) is 76.7. The Morgan fingerprint density at radius 1 is 0.385 bits per heavy atom. The van der Waals surface area contributed by atoms with Crippen LogP contribution in [0.15, 0.2) is 0 Å². The van der Waals surface area contributed by atoms with E-state index in [9.17, 15) is 4.79 Å². The van der Waals surface area contributed by atoms with Crippen LogP contribution >= 0.6 is 0 Å². The predicted molar refractivity (Wildman–Crippen MR) is 118 cm³/mol. The molecule has 0 amide bonds. The van der Waals surface area contributed by atoms with Crippen LogP contribution in [0.25, 0.3) is 0 Å². The minimum atomic E-state index is -0.711. The summed E-state index contributed by atoms with van der Waals surface area (Å²) in [5, 5.41) is 83.7. The van der Waals surface area contributed by atoms with Gasteiger partial charge in [0.25, 0.3) is 71.2 Å². The molecule has 24 heteroatoms. The van der Waals surface area contributed by atoms with Gasteiger partial charge in [-0.1, -0.05) is 6.92 Å². The van der Waals surface area contributed by atoms with Crippen LogP contribution in [0.4, 0.5) is 0 Å². The second-order valence-electron chi connectivity index (χ2n) is 2.30. The number of carbonyl (C=O) groups is 12. The maximum atomic E-state index is 9.60. The number of rotatable bonds is 2. The second kappa shape index (κ2) is 320. The molecule has 0 aliphatic carbocycles. The zero-order valence-corrected chi connectivity index (χ0v) is 19.5. The zero-order chi connectivity index (χ0) is 34.8. The van der Waals surface area contributed by atoms with Gasteiger partial charge in [0.05, 0.1) is 0 Å². The molecule has 0 heterocycles. The van der Waals surface area contributed by atoms with Crippen molar-refractivity contribution in [2.75, 3.05) is 0 Å². The summed E-state index contributed by atoms with van der Waals surface area (Å²) in [6.07, 6.45) is 1.02. The van der Waals surface area contributed by atoms with E-state index < -0.39 is 5.97 Å². The van der Waals surface area contributed by atoms with Crippen LogP contribution in [-0.2, 0) is 57.5 Å². The maximum absolute atomic E-state index is 9.60. The Morgan fingerprint density at radius 2 is 0.462 bits per heavy atom. The van der Waals surface area contributed by atoms with Crippen molar-refractivity contribution in [2.45, 2.75) is 19.8 Å². The summed E-state index contributed by atoms with van der Waals surface area (Å²) in [7, 11) is 0. The van der Waals surface area contributed by atoms with Gasteiger partial charge < -0.3 is 61.3 Å². The van der Waals surface area contributed by atoms with Crippen molar-refractivity contribution < 1.29 is 119 Å².